The molecule has 3 heteroatoms. The Morgan fingerprint density at radius 1 is 1.36 bits per heavy atom. The quantitative estimate of drug-likeness (QED) is 0.558. The van der Waals surface area contributed by atoms with Gasteiger partial charge in [-0.15, -0.1) is 0 Å². The summed E-state index contributed by atoms with van der Waals surface area (Å²) in [5.41, 5.74) is 0. The highest BCUT2D eigenvalue weighted by molar-refractivity contribution is 6.10. The van der Waals surface area contributed by atoms with Gasteiger partial charge >= 0.3 is 0 Å². The van der Waals surface area contributed by atoms with Crippen LogP contribution in [0.25, 0.3) is 0 Å². The number of nitrogens with zero attached hydrogens (tertiary/aromatic N) is 1. The predicted molar refractivity (Wildman–Crippen MR) is 51.6 cm³/mol. The molecule has 0 atom stereocenters. The highest BCUT2D eigenvalue weighted by Gasteiger charge is 2.17. The summed E-state index contributed by atoms with van der Waals surface area (Å²) in [5, 5.41) is 0. The van der Waals surface area contributed by atoms with Gasteiger partial charge < -0.3 is 4.90 Å². The normalized spacial score (nSPS) is 11.1. The second-order valence-electron chi connectivity index (χ2n) is 3.37. The zero-order chi connectivity index (χ0) is 9.02. The zero-order valence-corrected chi connectivity index (χ0v) is 10.2. The molecule has 0 aliphatic heterocycles. The van der Waals surface area contributed by atoms with Crippen molar-refractivity contribution in [3.63, 3.8) is 0 Å². The van der Waals surface area contributed by atoms with Crippen molar-refractivity contribution < 1.29 is 4.79 Å². The first-order valence-corrected chi connectivity index (χ1v) is 5.72. The fourth-order valence-electron chi connectivity index (χ4n) is 1.11. The van der Waals surface area contributed by atoms with Gasteiger partial charge in [0.1, 0.15) is 0 Å². The summed E-state index contributed by atoms with van der Waals surface area (Å²) in [4.78, 5) is 13.4. The van der Waals surface area contributed by atoms with E-state index < -0.39 is 0 Å². The highest BCUT2D eigenvalue weighted by atomic mass is 28.1. The number of amides is 1. The van der Waals surface area contributed by atoms with Gasteiger partial charge in [-0.05, 0) is 13.8 Å². The van der Waals surface area contributed by atoms with Crippen molar-refractivity contribution in [2.24, 2.45) is 5.92 Å². The summed E-state index contributed by atoms with van der Waals surface area (Å²) in [6.07, 6.45) is 0.953. The Hall–Kier alpha value is -0.313. The number of rotatable bonds is 3. The van der Waals surface area contributed by atoms with E-state index in [0.29, 0.717) is 6.04 Å². The van der Waals surface area contributed by atoms with Crippen LogP contribution in [0.3, 0.4) is 0 Å². The minimum atomic E-state index is 0.145. The summed E-state index contributed by atoms with van der Waals surface area (Å²) in [6.45, 7) is 8.04. The SMILES string of the molecule is CC(C)C(=O)N(C[SiH3])C(C)C. The first-order chi connectivity index (χ1) is 5.00. The van der Waals surface area contributed by atoms with Gasteiger partial charge in [0.15, 0.2) is 0 Å². The average molecular weight is 173 g/mol. The molecule has 2 nitrogen and oxygen atoms in total. The Labute approximate surface area is 72.4 Å². The van der Waals surface area contributed by atoms with E-state index in [9.17, 15) is 4.79 Å². The minimum Gasteiger partial charge on any atom is -0.344 e. The number of carbonyl (C=O) groups is 1. The summed E-state index contributed by atoms with van der Waals surface area (Å²) < 4.78 is 0. The van der Waals surface area contributed by atoms with Crippen molar-refractivity contribution in [1.29, 1.82) is 0 Å². The van der Waals surface area contributed by atoms with Crippen molar-refractivity contribution in [2.75, 3.05) is 6.17 Å². The van der Waals surface area contributed by atoms with Gasteiger partial charge in [0.05, 0.1) is 0 Å². The molecule has 0 aliphatic carbocycles. The van der Waals surface area contributed by atoms with E-state index in [1.807, 2.05) is 18.7 Å². The van der Waals surface area contributed by atoms with Gasteiger partial charge in [-0.3, -0.25) is 4.79 Å². The molecule has 0 unspecified atom stereocenters. The van der Waals surface area contributed by atoms with E-state index in [1.165, 1.54) is 0 Å². The molecule has 0 saturated heterocycles. The Kier molecular flexibility index (Phi) is 4.41. The van der Waals surface area contributed by atoms with Gasteiger partial charge in [-0.2, -0.15) is 0 Å². The largest absolute Gasteiger partial charge is 0.344 e. The fraction of sp³-hybridized carbons (Fsp3) is 0.875. The molecule has 0 aromatic rings. The summed E-state index contributed by atoms with van der Waals surface area (Å²) >= 11 is 0. The maximum atomic E-state index is 11.5. The van der Waals surface area contributed by atoms with Crippen molar-refractivity contribution in [1.82, 2.24) is 4.90 Å². The molecule has 0 N–H and O–H groups in total. The van der Waals surface area contributed by atoms with Crippen LogP contribution in [-0.4, -0.2) is 33.3 Å². The van der Waals surface area contributed by atoms with Crippen LogP contribution in [0.4, 0.5) is 0 Å². The maximum Gasteiger partial charge on any atom is 0.225 e. The third-order valence-corrected chi connectivity index (χ3v) is 2.42. The molecule has 0 heterocycles. The summed E-state index contributed by atoms with van der Waals surface area (Å²) in [7, 11) is 1.07. The van der Waals surface area contributed by atoms with Crippen molar-refractivity contribution in [3.05, 3.63) is 0 Å². The molecule has 11 heavy (non-hydrogen) atoms. The molecule has 0 aromatic carbocycles. The molecule has 0 saturated carbocycles. The van der Waals surface area contributed by atoms with Crippen molar-refractivity contribution in [2.45, 2.75) is 33.7 Å². The lowest BCUT2D eigenvalue weighted by Gasteiger charge is -2.26. The lowest BCUT2D eigenvalue weighted by molar-refractivity contribution is -0.135. The van der Waals surface area contributed by atoms with E-state index in [1.54, 1.807) is 0 Å². The summed E-state index contributed by atoms with van der Waals surface area (Å²) in [6, 6.07) is 0.363. The standard InChI is InChI=1S/C8H19NOSi/c1-6(2)8(10)9(5-11)7(3)4/h6-7H,5H2,1-4,11H3. The van der Waals surface area contributed by atoms with Crippen LogP contribution < -0.4 is 0 Å². The predicted octanol–water partition coefficient (Wildman–Crippen LogP) is 0.202. The van der Waals surface area contributed by atoms with Crippen molar-refractivity contribution in [3.8, 4) is 0 Å². The Bertz CT molecular complexity index is 134. The maximum absolute atomic E-state index is 11.5. The molecule has 0 rings (SSSR count). The first kappa shape index (κ1) is 10.7. The number of hydrogen-bond donors (Lipinski definition) is 0. The first-order valence-electron chi connectivity index (χ1n) is 4.31. The Morgan fingerprint density at radius 2 is 1.82 bits per heavy atom. The molecular formula is C8H19NOSi. The Morgan fingerprint density at radius 3 is 1.91 bits per heavy atom. The lowest BCUT2D eigenvalue weighted by atomic mass is 10.2. The minimum absolute atomic E-state index is 0.145. The van der Waals surface area contributed by atoms with E-state index in [-0.39, 0.29) is 11.8 Å². The molecule has 0 radical (unpaired) electrons. The smallest absolute Gasteiger partial charge is 0.225 e. The van der Waals surface area contributed by atoms with Crippen LogP contribution in [0, 0.1) is 5.92 Å². The Balaban J connectivity index is 4.15. The second kappa shape index (κ2) is 4.54. The fourth-order valence-corrected chi connectivity index (χ4v) is 2.15. The average Bonchev–Trinajstić information content (AvgIpc) is 1.88. The molecule has 0 fully saturated rings. The van der Waals surface area contributed by atoms with Crippen LogP contribution in [0.5, 0.6) is 0 Å². The van der Waals surface area contributed by atoms with Crippen LogP contribution in [0.15, 0.2) is 0 Å². The van der Waals surface area contributed by atoms with Gasteiger partial charge in [-0.1, -0.05) is 13.8 Å². The number of carbonyl (C=O) groups excluding carboxylic acids is 1. The highest BCUT2D eigenvalue weighted by Crippen LogP contribution is 2.04. The molecule has 0 aromatic heterocycles. The molecule has 0 aliphatic rings. The molecular weight excluding hydrogens is 154 g/mol. The van der Waals surface area contributed by atoms with E-state index in [4.69, 9.17) is 0 Å². The van der Waals surface area contributed by atoms with Gasteiger partial charge in [0.25, 0.3) is 0 Å². The topological polar surface area (TPSA) is 20.3 Å². The molecule has 1 amide bonds. The molecule has 66 valence electrons. The third-order valence-electron chi connectivity index (χ3n) is 1.74. The van der Waals surface area contributed by atoms with Crippen LogP contribution in [0.2, 0.25) is 0 Å². The van der Waals surface area contributed by atoms with Crippen LogP contribution in [0.1, 0.15) is 27.7 Å². The van der Waals surface area contributed by atoms with Gasteiger partial charge in [0.2, 0.25) is 5.91 Å². The molecule has 0 bridgehead atoms. The third kappa shape index (κ3) is 3.06. The van der Waals surface area contributed by atoms with Gasteiger partial charge in [0, 0.05) is 28.4 Å². The lowest BCUT2D eigenvalue weighted by Crippen LogP contribution is -2.40. The monoisotopic (exact) mass is 173 g/mol. The molecule has 0 spiro atoms. The zero-order valence-electron chi connectivity index (χ0n) is 8.22. The van der Waals surface area contributed by atoms with E-state index >= 15 is 0 Å². The van der Waals surface area contributed by atoms with Crippen LogP contribution >= 0.6 is 0 Å². The van der Waals surface area contributed by atoms with Gasteiger partial charge in [-0.25, -0.2) is 0 Å². The van der Waals surface area contributed by atoms with E-state index in [0.717, 1.165) is 16.4 Å². The van der Waals surface area contributed by atoms with Crippen LogP contribution in [-0.2, 0) is 4.79 Å². The van der Waals surface area contributed by atoms with Crippen molar-refractivity contribution >= 4 is 16.1 Å². The van der Waals surface area contributed by atoms with E-state index in [2.05, 4.69) is 13.8 Å². The number of hydrogen-bond acceptors (Lipinski definition) is 1. The second-order valence-corrected chi connectivity index (χ2v) is 4.01. The summed E-state index contributed by atoms with van der Waals surface area (Å²) in [5.74, 6) is 0.432.